The van der Waals surface area contributed by atoms with Gasteiger partial charge in [0.05, 0.1) is 24.9 Å². The first kappa shape index (κ1) is 26.9. The van der Waals surface area contributed by atoms with E-state index in [1.807, 2.05) is 37.3 Å². The van der Waals surface area contributed by atoms with Crippen molar-refractivity contribution in [1.82, 2.24) is 14.8 Å². The molecule has 198 valence electrons. The van der Waals surface area contributed by atoms with Crippen molar-refractivity contribution in [1.29, 1.82) is 0 Å². The summed E-state index contributed by atoms with van der Waals surface area (Å²) in [7, 11) is 0. The Kier molecular flexibility index (Phi) is 7.77. The molecule has 2 aliphatic heterocycles. The number of hydrogen-bond acceptors (Lipinski definition) is 8. The highest BCUT2D eigenvalue weighted by atomic mass is 32.2. The van der Waals surface area contributed by atoms with Crippen LogP contribution in [0, 0.1) is 5.92 Å². The Balaban J connectivity index is 1.76. The van der Waals surface area contributed by atoms with Crippen LogP contribution in [0.4, 0.5) is 4.79 Å². The van der Waals surface area contributed by atoms with Crippen molar-refractivity contribution < 1.29 is 33.8 Å². The molecular weight excluding hydrogens is 498 g/mol. The predicted molar refractivity (Wildman–Crippen MR) is 135 cm³/mol. The number of carboxylic acid groups (broad SMARTS) is 1. The molecule has 4 atom stereocenters. The van der Waals surface area contributed by atoms with Gasteiger partial charge in [0, 0.05) is 12.5 Å². The normalized spacial score (nSPS) is 21.9. The number of fused-ring (bicyclic) bond motifs is 1. The summed E-state index contributed by atoms with van der Waals surface area (Å²) in [5.74, 6) is -1.65. The van der Waals surface area contributed by atoms with Crippen molar-refractivity contribution in [2.75, 3.05) is 19.8 Å². The van der Waals surface area contributed by atoms with E-state index in [9.17, 15) is 24.6 Å². The molecule has 3 heterocycles. The van der Waals surface area contributed by atoms with E-state index in [4.69, 9.17) is 9.15 Å². The Bertz CT molecular complexity index is 1180. The molecule has 3 amide bonds. The highest BCUT2D eigenvalue weighted by Gasteiger charge is 2.55. The number of benzene rings is 1. The molecule has 0 saturated carbocycles. The molecule has 2 aliphatic rings. The third-order valence-corrected chi connectivity index (χ3v) is 8.24. The number of aliphatic carboxylic acids is 1. The van der Waals surface area contributed by atoms with Crippen LogP contribution in [0.15, 0.2) is 58.4 Å². The molecule has 0 aliphatic carbocycles. The van der Waals surface area contributed by atoms with Gasteiger partial charge in [-0.15, -0.1) is 11.8 Å². The van der Waals surface area contributed by atoms with Crippen molar-refractivity contribution in [2.45, 2.75) is 50.0 Å². The number of hydrogen-bond donors (Lipinski definition) is 2. The minimum absolute atomic E-state index is 0.0539. The Hall–Kier alpha value is -3.15. The number of carbonyl (C=O) groups excluding carboxylic acids is 2. The van der Waals surface area contributed by atoms with Crippen molar-refractivity contribution in [3.63, 3.8) is 0 Å². The lowest BCUT2D eigenvalue weighted by Crippen LogP contribution is -2.65. The molecule has 0 radical (unpaired) electrons. The van der Waals surface area contributed by atoms with Gasteiger partial charge in [-0.05, 0) is 31.9 Å². The van der Waals surface area contributed by atoms with Crippen molar-refractivity contribution >= 4 is 29.7 Å². The number of carboxylic acids is 1. The molecule has 1 aromatic heterocycles. The van der Waals surface area contributed by atoms with Gasteiger partial charge in [-0.3, -0.25) is 4.79 Å². The number of aromatic nitrogens is 1. The number of aliphatic hydroxyl groups excluding tert-OH is 1. The number of rotatable bonds is 10. The summed E-state index contributed by atoms with van der Waals surface area (Å²) in [6, 6.07) is 8.65. The molecule has 0 bridgehead atoms. The maximum atomic E-state index is 13.9. The Morgan fingerprint density at radius 2 is 1.97 bits per heavy atom. The van der Waals surface area contributed by atoms with Gasteiger partial charge in [-0.1, -0.05) is 37.3 Å². The van der Waals surface area contributed by atoms with E-state index in [2.05, 4.69) is 4.98 Å². The molecular formula is C26H31N3O7S. The second-order valence-electron chi connectivity index (χ2n) is 9.80. The lowest BCUT2D eigenvalue weighted by atomic mass is 9.96. The summed E-state index contributed by atoms with van der Waals surface area (Å²) < 4.78 is 11.7. The zero-order valence-corrected chi connectivity index (χ0v) is 22.0. The summed E-state index contributed by atoms with van der Waals surface area (Å²) in [6.07, 6.45) is 2.38. The fraction of sp³-hybridized carbons (Fsp3) is 0.462. The highest BCUT2D eigenvalue weighted by molar-refractivity contribution is 8.00. The minimum Gasteiger partial charge on any atom is -0.480 e. The van der Waals surface area contributed by atoms with Gasteiger partial charge >= 0.3 is 12.0 Å². The third kappa shape index (κ3) is 5.03. The van der Waals surface area contributed by atoms with Crippen LogP contribution in [0.25, 0.3) is 0 Å². The first-order valence-electron chi connectivity index (χ1n) is 12.0. The van der Waals surface area contributed by atoms with Gasteiger partial charge < -0.3 is 24.3 Å². The minimum atomic E-state index is -1.79. The number of ether oxygens (including phenoxy) is 1. The molecule has 2 aromatic rings. The lowest BCUT2D eigenvalue weighted by Gasteiger charge is -2.45. The topological polar surface area (TPSA) is 133 Å². The summed E-state index contributed by atoms with van der Waals surface area (Å²) in [5.41, 5.74) is 0.0379. The molecule has 10 nitrogen and oxygen atoms in total. The molecule has 1 aromatic carbocycles. The van der Waals surface area contributed by atoms with Crippen molar-refractivity contribution in [2.24, 2.45) is 5.92 Å². The number of oxazole rings is 1. The Morgan fingerprint density at radius 3 is 2.57 bits per heavy atom. The molecule has 1 saturated heterocycles. The van der Waals surface area contributed by atoms with Crippen LogP contribution in [-0.4, -0.2) is 73.6 Å². The van der Waals surface area contributed by atoms with E-state index in [0.717, 1.165) is 10.5 Å². The number of aliphatic hydroxyl groups is 1. The first-order valence-corrected chi connectivity index (χ1v) is 12.9. The number of urea groups is 1. The van der Waals surface area contributed by atoms with Crippen LogP contribution in [0.2, 0.25) is 0 Å². The monoisotopic (exact) mass is 529 g/mol. The SMILES string of the molecule is CC1=C2C(=O)N(C(C)(C)C(=O)O)C(=O)N(C[C@H](OC[C@@H](C)CO)c3ccccc3)C2SC1c1ncco1. The predicted octanol–water partition coefficient (Wildman–Crippen LogP) is 3.62. The maximum Gasteiger partial charge on any atom is 0.329 e. The quantitative estimate of drug-likeness (QED) is 0.473. The van der Waals surface area contributed by atoms with Crippen LogP contribution >= 0.6 is 11.8 Å². The van der Waals surface area contributed by atoms with E-state index in [1.54, 1.807) is 6.92 Å². The molecule has 4 rings (SSSR count). The summed E-state index contributed by atoms with van der Waals surface area (Å²) in [5, 5.41) is 18.3. The number of nitrogens with zero attached hydrogens (tertiary/aromatic N) is 3. The number of carbonyl (C=O) groups is 3. The fourth-order valence-electron chi connectivity index (χ4n) is 4.38. The van der Waals surface area contributed by atoms with Gasteiger partial charge in [0.2, 0.25) is 5.89 Å². The Labute approximate surface area is 219 Å². The molecule has 2 N–H and O–H groups in total. The fourth-order valence-corrected chi connectivity index (χ4v) is 5.95. The zero-order chi connectivity index (χ0) is 26.9. The summed E-state index contributed by atoms with van der Waals surface area (Å²) in [6.45, 7) is 6.56. The average Bonchev–Trinajstić information content (AvgIpc) is 3.52. The summed E-state index contributed by atoms with van der Waals surface area (Å²) >= 11 is 1.35. The smallest absolute Gasteiger partial charge is 0.329 e. The van der Waals surface area contributed by atoms with Crippen molar-refractivity contribution in [3.05, 3.63) is 65.4 Å². The molecule has 11 heteroatoms. The molecule has 0 spiro atoms. The zero-order valence-electron chi connectivity index (χ0n) is 21.2. The number of amides is 3. The summed E-state index contributed by atoms with van der Waals surface area (Å²) in [4.78, 5) is 46.3. The van der Waals surface area contributed by atoms with E-state index < -0.39 is 40.2 Å². The van der Waals surface area contributed by atoms with Crippen molar-refractivity contribution in [3.8, 4) is 0 Å². The Morgan fingerprint density at radius 1 is 1.27 bits per heavy atom. The van der Waals surface area contributed by atoms with Gasteiger partial charge in [0.1, 0.15) is 28.5 Å². The maximum absolute atomic E-state index is 13.9. The molecule has 1 fully saturated rings. The van der Waals surface area contributed by atoms with Gasteiger partial charge in [-0.25, -0.2) is 19.5 Å². The van der Waals surface area contributed by atoms with E-state index in [0.29, 0.717) is 17.0 Å². The molecule has 37 heavy (non-hydrogen) atoms. The number of thioether (sulfide) groups is 1. The molecule has 2 unspecified atom stereocenters. The van der Waals surface area contributed by atoms with Gasteiger partial charge in [0.25, 0.3) is 5.91 Å². The first-order chi connectivity index (χ1) is 17.6. The van der Waals surface area contributed by atoms with Crippen LogP contribution in [0.3, 0.4) is 0 Å². The van der Waals surface area contributed by atoms with E-state index in [-0.39, 0.29) is 25.7 Å². The highest BCUT2D eigenvalue weighted by Crippen LogP contribution is 2.52. The van der Waals surface area contributed by atoms with Gasteiger partial charge in [-0.2, -0.15) is 0 Å². The standard InChI is InChI=1S/C26H31N3O7S/c1-15(13-30)14-36-18(17-8-6-5-7-9-17)12-28-23-19(16(2)20(37-23)21-27-10-11-35-21)22(31)29(25(28)34)26(3,4)24(32)33/h5-11,15,18,20,23,30H,12-14H2,1-4H3,(H,32,33)/t15-,18-,20?,23?/m0/s1. The van der Waals surface area contributed by atoms with Crippen LogP contribution in [0.1, 0.15) is 50.5 Å². The average molecular weight is 530 g/mol. The van der Waals surface area contributed by atoms with Crippen LogP contribution in [0.5, 0.6) is 0 Å². The lowest BCUT2D eigenvalue weighted by molar-refractivity contribution is -0.154. The second-order valence-corrected chi connectivity index (χ2v) is 11.0. The van der Waals surface area contributed by atoms with E-state index >= 15 is 0 Å². The number of imide groups is 1. The van der Waals surface area contributed by atoms with Gasteiger partial charge in [0.15, 0.2) is 0 Å². The third-order valence-electron chi connectivity index (χ3n) is 6.67. The van der Waals surface area contributed by atoms with Crippen LogP contribution in [-0.2, 0) is 14.3 Å². The van der Waals surface area contributed by atoms with E-state index in [1.165, 1.54) is 43.0 Å². The van der Waals surface area contributed by atoms with Crippen LogP contribution < -0.4 is 0 Å². The largest absolute Gasteiger partial charge is 0.480 e. The second kappa shape index (κ2) is 10.7.